The van der Waals surface area contributed by atoms with Gasteiger partial charge < -0.3 is 12.5 Å². The van der Waals surface area contributed by atoms with Gasteiger partial charge in [0.15, 0.2) is 23.0 Å². The maximum atomic E-state index is 5.91. The Kier molecular flexibility index (Phi) is 5.45. The molecule has 0 unspecified atom stereocenters. The Bertz CT molecular complexity index is 766. The van der Waals surface area contributed by atoms with Crippen LogP contribution < -0.4 is 9.47 Å². The first-order valence-electron chi connectivity index (χ1n) is 7.78. The third-order valence-electron chi connectivity index (χ3n) is 3.76. The third kappa shape index (κ3) is 4.12. The molecule has 0 saturated heterocycles. The topological polar surface area (TPSA) is 27.7 Å². The third-order valence-corrected chi connectivity index (χ3v) is 4.16. The Balaban J connectivity index is 1.74. The van der Waals surface area contributed by atoms with Crippen LogP contribution >= 0.6 is 23.0 Å². The molecule has 3 rings (SSSR count). The lowest BCUT2D eigenvalue weighted by Crippen LogP contribution is -2.11. The summed E-state index contributed by atoms with van der Waals surface area (Å²) in [6.45, 7) is 6.54. The Morgan fingerprint density at radius 1 is 1.21 bits per heavy atom. The molecule has 0 amide bonds. The average Bonchev–Trinajstić information content (AvgIpc) is 2.59. The van der Waals surface area contributed by atoms with Gasteiger partial charge >= 0.3 is 0 Å². The lowest BCUT2D eigenvalue weighted by atomic mass is 9.97. The second-order valence-electron chi connectivity index (χ2n) is 5.92. The SMILES string of the molecule is C=C(C)CC1=C(OI)Oc2ccc(OCc3ccccc3)cc2C1. The molecule has 0 saturated carbocycles. The summed E-state index contributed by atoms with van der Waals surface area (Å²) in [5.41, 5.74) is 4.44. The quantitative estimate of drug-likeness (QED) is 0.429. The Morgan fingerprint density at radius 2 is 2.00 bits per heavy atom. The van der Waals surface area contributed by atoms with Crippen LogP contribution in [0.3, 0.4) is 0 Å². The molecular weight excluding hydrogens is 415 g/mol. The zero-order valence-corrected chi connectivity index (χ0v) is 15.7. The maximum absolute atomic E-state index is 5.91. The normalized spacial score (nSPS) is 13.1. The average molecular weight is 434 g/mol. The standard InChI is InChI=1S/C20H19IO3/c1-14(2)10-17-11-16-12-18(8-9-19(16)23-20(17)24-21)22-13-15-6-4-3-5-7-15/h3-9,12H,1,10-11,13H2,2H3. The van der Waals surface area contributed by atoms with E-state index in [4.69, 9.17) is 12.5 Å². The van der Waals surface area contributed by atoms with Gasteiger partial charge in [-0.25, -0.2) is 0 Å². The minimum Gasteiger partial charge on any atom is -0.489 e. The van der Waals surface area contributed by atoms with E-state index in [9.17, 15) is 0 Å². The van der Waals surface area contributed by atoms with E-state index in [1.54, 1.807) is 0 Å². The summed E-state index contributed by atoms with van der Waals surface area (Å²) in [4.78, 5) is 0. The van der Waals surface area contributed by atoms with Gasteiger partial charge in [0, 0.05) is 17.6 Å². The summed E-state index contributed by atoms with van der Waals surface area (Å²) in [7, 11) is 0. The maximum Gasteiger partial charge on any atom is 0.294 e. The number of benzene rings is 2. The van der Waals surface area contributed by atoms with Crippen LogP contribution in [-0.2, 0) is 16.1 Å². The molecule has 0 aromatic heterocycles. The molecule has 1 aliphatic heterocycles. The highest BCUT2D eigenvalue weighted by molar-refractivity contribution is 14.1. The van der Waals surface area contributed by atoms with Crippen molar-refractivity contribution in [2.45, 2.75) is 26.4 Å². The number of hydrogen-bond acceptors (Lipinski definition) is 3. The van der Waals surface area contributed by atoms with Crippen LogP contribution in [-0.4, -0.2) is 0 Å². The van der Waals surface area contributed by atoms with Crippen molar-refractivity contribution in [1.82, 2.24) is 0 Å². The minimum absolute atomic E-state index is 0.553. The molecule has 124 valence electrons. The van der Waals surface area contributed by atoms with E-state index in [0.717, 1.165) is 46.6 Å². The van der Waals surface area contributed by atoms with Crippen LogP contribution in [0.5, 0.6) is 11.5 Å². The lowest BCUT2D eigenvalue weighted by molar-refractivity contribution is 0.255. The van der Waals surface area contributed by atoms with E-state index >= 15 is 0 Å². The molecule has 1 heterocycles. The smallest absolute Gasteiger partial charge is 0.294 e. The minimum atomic E-state index is 0.553. The molecule has 2 aromatic carbocycles. The van der Waals surface area contributed by atoms with Crippen molar-refractivity contribution in [2.24, 2.45) is 0 Å². The predicted molar refractivity (Wildman–Crippen MR) is 103 cm³/mol. The number of allylic oxidation sites excluding steroid dienone is 2. The zero-order chi connectivity index (χ0) is 16.9. The largest absolute Gasteiger partial charge is 0.489 e. The van der Waals surface area contributed by atoms with Crippen LogP contribution in [0.15, 0.2) is 72.2 Å². The van der Waals surface area contributed by atoms with Gasteiger partial charge in [-0.15, -0.1) is 0 Å². The van der Waals surface area contributed by atoms with Crippen molar-refractivity contribution in [3.8, 4) is 11.5 Å². The van der Waals surface area contributed by atoms with Gasteiger partial charge in [0.1, 0.15) is 18.1 Å². The summed E-state index contributed by atoms with van der Waals surface area (Å²) in [6, 6.07) is 16.0. The predicted octanol–water partition coefficient (Wildman–Crippen LogP) is 5.74. The van der Waals surface area contributed by atoms with Crippen molar-refractivity contribution < 1.29 is 12.5 Å². The van der Waals surface area contributed by atoms with Gasteiger partial charge in [0.05, 0.1) is 0 Å². The number of rotatable bonds is 6. The molecule has 4 heteroatoms. The summed E-state index contributed by atoms with van der Waals surface area (Å²) in [5, 5.41) is 0. The fraction of sp³-hybridized carbons (Fsp3) is 0.200. The summed E-state index contributed by atoms with van der Waals surface area (Å²) >= 11 is 1.86. The van der Waals surface area contributed by atoms with E-state index in [0.29, 0.717) is 12.6 Å². The number of halogens is 1. The Hall–Kier alpha value is -1.95. The molecule has 0 aliphatic carbocycles. The van der Waals surface area contributed by atoms with Crippen LogP contribution in [0.4, 0.5) is 0 Å². The summed E-state index contributed by atoms with van der Waals surface area (Å²) < 4.78 is 17.1. The molecular formula is C20H19IO3. The summed E-state index contributed by atoms with van der Waals surface area (Å²) in [5.74, 6) is 2.23. The van der Waals surface area contributed by atoms with Crippen LogP contribution in [0.2, 0.25) is 0 Å². The number of hydrogen-bond donors (Lipinski definition) is 0. The van der Waals surface area contributed by atoms with E-state index < -0.39 is 0 Å². The Labute approximate surface area is 156 Å². The van der Waals surface area contributed by atoms with Gasteiger partial charge in [0.25, 0.3) is 5.95 Å². The van der Waals surface area contributed by atoms with Gasteiger partial charge in [-0.2, -0.15) is 0 Å². The molecule has 0 radical (unpaired) electrons. The molecule has 0 fully saturated rings. The highest BCUT2D eigenvalue weighted by Gasteiger charge is 2.21. The first-order chi connectivity index (χ1) is 11.7. The van der Waals surface area contributed by atoms with Crippen LogP contribution in [0.25, 0.3) is 0 Å². The molecule has 0 bridgehead atoms. The molecule has 0 N–H and O–H groups in total. The fourth-order valence-corrected chi connectivity index (χ4v) is 3.07. The van der Waals surface area contributed by atoms with Gasteiger partial charge in [-0.1, -0.05) is 42.5 Å². The summed E-state index contributed by atoms with van der Waals surface area (Å²) in [6.07, 6.45) is 1.55. The Morgan fingerprint density at radius 3 is 2.71 bits per heavy atom. The number of ether oxygens (including phenoxy) is 2. The van der Waals surface area contributed by atoms with Crippen molar-refractivity contribution in [3.63, 3.8) is 0 Å². The van der Waals surface area contributed by atoms with Gasteiger partial charge in [-0.05, 0) is 37.1 Å². The fourth-order valence-electron chi connectivity index (χ4n) is 2.67. The van der Waals surface area contributed by atoms with Crippen molar-refractivity contribution in [3.05, 3.63) is 83.3 Å². The zero-order valence-electron chi connectivity index (χ0n) is 13.5. The highest BCUT2D eigenvalue weighted by Crippen LogP contribution is 2.36. The highest BCUT2D eigenvalue weighted by atomic mass is 127. The lowest BCUT2D eigenvalue weighted by Gasteiger charge is -2.22. The van der Waals surface area contributed by atoms with Crippen LogP contribution in [0, 0.1) is 0 Å². The molecule has 0 spiro atoms. The molecule has 24 heavy (non-hydrogen) atoms. The molecule has 1 aliphatic rings. The number of fused-ring (bicyclic) bond motifs is 1. The van der Waals surface area contributed by atoms with E-state index in [1.165, 1.54) is 0 Å². The first-order valence-corrected chi connectivity index (χ1v) is 8.66. The molecule has 3 nitrogen and oxygen atoms in total. The second kappa shape index (κ2) is 7.75. The second-order valence-corrected chi connectivity index (χ2v) is 6.37. The molecule has 2 aromatic rings. The molecule has 0 atom stereocenters. The van der Waals surface area contributed by atoms with E-state index in [-0.39, 0.29) is 0 Å². The van der Waals surface area contributed by atoms with Crippen molar-refractivity contribution in [2.75, 3.05) is 0 Å². The van der Waals surface area contributed by atoms with E-state index in [2.05, 4.69) is 18.7 Å². The first kappa shape index (κ1) is 16.9. The monoisotopic (exact) mass is 434 g/mol. The van der Waals surface area contributed by atoms with Gasteiger partial charge in [0.2, 0.25) is 0 Å². The van der Waals surface area contributed by atoms with Crippen LogP contribution in [0.1, 0.15) is 24.5 Å². The van der Waals surface area contributed by atoms with Crippen molar-refractivity contribution >= 4 is 23.0 Å². The van der Waals surface area contributed by atoms with Crippen molar-refractivity contribution in [1.29, 1.82) is 0 Å². The van der Waals surface area contributed by atoms with E-state index in [1.807, 2.05) is 66.3 Å². The van der Waals surface area contributed by atoms with Gasteiger partial charge in [-0.3, -0.25) is 0 Å².